The van der Waals surface area contributed by atoms with Crippen molar-refractivity contribution in [3.8, 4) is 22.6 Å². The second kappa shape index (κ2) is 7.40. The molecule has 128 valence electrons. The van der Waals surface area contributed by atoms with Gasteiger partial charge in [0.1, 0.15) is 0 Å². The minimum absolute atomic E-state index is 0. The Morgan fingerprint density at radius 1 is 1.08 bits per heavy atom. The summed E-state index contributed by atoms with van der Waals surface area (Å²) in [5, 5.41) is 4.17. The van der Waals surface area contributed by atoms with Gasteiger partial charge in [0.15, 0.2) is 17.1 Å². The van der Waals surface area contributed by atoms with Crippen molar-refractivity contribution in [1.82, 2.24) is 14.6 Å². The van der Waals surface area contributed by atoms with Crippen LogP contribution in [0.4, 0.5) is 5.95 Å². The minimum Gasteiger partial charge on any atom is -0.490 e. The van der Waals surface area contributed by atoms with E-state index in [1.165, 1.54) is 0 Å². The molecule has 24 heavy (non-hydrogen) atoms. The fourth-order valence-corrected chi connectivity index (χ4v) is 2.56. The van der Waals surface area contributed by atoms with Gasteiger partial charge in [0.25, 0.3) is 0 Å². The lowest BCUT2D eigenvalue weighted by Gasteiger charge is -2.13. The number of anilines is 1. The molecule has 1 aromatic carbocycles. The van der Waals surface area contributed by atoms with Gasteiger partial charge in [-0.1, -0.05) is 6.07 Å². The average molecular weight is 349 g/mol. The molecule has 2 aromatic heterocycles. The normalized spacial score (nSPS) is 10.5. The Labute approximate surface area is 147 Å². The van der Waals surface area contributed by atoms with Crippen LogP contribution in [0, 0.1) is 6.92 Å². The summed E-state index contributed by atoms with van der Waals surface area (Å²) in [7, 11) is 0. The molecule has 0 saturated heterocycles. The van der Waals surface area contributed by atoms with Crippen LogP contribution in [0.5, 0.6) is 11.5 Å². The third-order valence-electron chi connectivity index (χ3n) is 3.55. The quantitative estimate of drug-likeness (QED) is 0.763. The van der Waals surface area contributed by atoms with Gasteiger partial charge in [-0.3, -0.25) is 0 Å². The summed E-state index contributed by atoms with van der Waals surface area (Å²) in [6.07, 6.45) is 1.93. The number of ether oxygens (including phenoxy) is 2. The zero-order valence-electron chi connectivity index (χ0n) is 13.9. The highest BCUT2D eigenvalue weighted by Crippen LogP contribution is 2.34. The van der Waals surface area contributed by atoms with E-state index < -0.39 is 0 Å². The molecule has 0 saturated carbocycles. The van der Waals surface area contributed by atoms with Crippen molar-refractivity contribution >= 4 is 24.0 Å². The van der Waals surface area contributed by atoms with E-state index in [-0.39, 0.29) is 18.4 Å². The second-order valence-electron chi connectivity index (χ2n) is 5.17. The predicted molar refractivity (Wildman–Crippen MR) is 97.2 cm³/mol. The number of hydrogen-bond acceptors (Lipinski definition) is 5. The minimum atomic E-state index is 0. The van der Waals surface area contributed by atoms with E-state index >= 15 is 0 Å². The number of aryl methyl sites for hydroxylation is 1. The van der Waals surface area contributed by atoms with Crippen molar-refractivity contribution in [3.63, 3.8) is 0 Å². The van der Waals surface area contributed by atoms with Crippen molar-refractivity contribution in [2.24, 2.45) is 0 Å². The van der Waals surface area contributed by atoms with Crippen LogP contribution in [-0.2, 0) is 0 Å². The highest BCUT2D eigenvalue weighted by atomic mass is 35.5. The number of rotatable bonds is 5. The summed E-state index contributed by atoms with van der Waals surface area (Å²) < 4.78 is 13.0. The molecule has 3 rings (SSSR count). The number of nitrogens with zero attached hydrogens (tertiary/aromatic N) is 3. The van der Waals surface area contributed by atoms with E-state index in [2.05, 4.69) is 10.1 Å². The molecular formula is C17H21ClN4O2. The van der Waals surface area contributed by atoms with E-state index in [4.69, 9.17) is 15.2 Å². The molecule has 2 N–H and O–H groups in total. The lowest BCUT2D eigenvalue weighted by atomic mass is 10.0. The predicted octanol–water partition coefficient (Wildman–Crippen LogP) is 3.51. The maximum atomic E-state index is 5.70. The van der Waals surface area contributed by atoms with Gasteiger partial charge in [0.2, 0.25) is 5.95 Å². The highest BCUT2D eigenvalue weighted by Gasteiger charge is 2.11. The van der Waals surface area contributed by atoms with Gasteiger partial charge in [-0.05, 0) is 50.1 Å². The molecule has 0 amide bonds. The monoisotopic (exact) mass is 348 g/mol. The average Bonchev–Trinajstić information content (AvgIpc) is 2.87. The Kier molecular flexibility index (Phi) is 5.51. The van der Waals surface area contributed by atoms with Gasteiger partial charge in [-0.2, -0.15) is 4.98 Å². The van der Waals surface area contributed by atoms with Crippen molar-refractivity contribution in [2.75, 3.05) is 18.9 Å². The first-order valence-electron chi connectivity index (χ1n) is 7.65. The Morgan fingerprint density at radius 3 is 2.50 bits per heavy atom. The molecule has 0 spiro atoms. The lowest BCUT2D eigenvalue weighted by molar-refractivity contribution is 0.288. The SMILES string of the molecule is CCOc1ccc(-c2cn3nc(N)nc3cc2C)cc1OCC.Cl. The van der Waals surface area contributed by atoms with Gasteiger partial charge < -0.3 is 15.2 Å². The molecule has 0 unspecified atom stereocenters. The van der Waals surface area contributed by atoms with Crippen molar-refractivity contribution in [3.05, 3.63) is 36.0 Å². The molecule has 7 heteroatoms. The maximum absolute atomic E-state index is 5.70. The molecule has 0 aliphatic rings. The third kappa shape index (κ3) is 3.38. The molecule has 0 aliphatic heterocycles. The molecule has 3 aromatic rings. The van der Waals surface area contributed by atoms with Gasteiger partial charge in [-0.25, -0.2) is 4.52 Å². The van der Waals surface area contributed by atoms with Gasteiger partial charge in [-0.15, -0.1) is 17.5 Å². The maximum Gasteiger partial charge on any atom is 0.240 e. The number of hydrogen-bond donors (Lipinski definition) is 1. The van der Waals surface area contributed by atoms with Crippen LogP contribution in [-0.4, -0.2) is 27.8 Å². The standard InChI is InChI=1S/C17H20N4O2.ClH/c1-4-22-14-7-6-12(9-15(14)23-5-2)13-10-21-16(8-11(13)3)19-17(18)20-21;/h6-10H,4-5H2,1-3H3,(H2,18,20);1H. The van der Waals surface area contributed by atoms with E-state index in [0.29, 0.717) is 13.2 Å². The van der Waals surface area contributed by atoms with Crippen LogP contribution < -0.4 is 15.2 Å². The van der Waals surface area contributed by atoms with Gasteiger partial charge in [0, 0.05) is 11.8 Å². The second-order valence-corrected chi connectivity index (χ2v) is 5.17. The number of benzene rings is 1. The molecule has 0 aliphatic carbocycles. The fourth-order valence-electron chi connectivity index (χ4n) is 2.56. The van der Waals surface area contributed by atoms with E-state index in [0.717, 1.165) is 33.8 Å². The van der Waals surface area contributed by atoms with Crippen LogP contribution in [0.3, 0.4) is 0 Å². The van der Waals surface area contributed by atoms with Crippen molar-refractivity contribution in [1.29, 1.82) is 0 Å². The lowest BCUT2D eigenvalue weighted by Crippen LogP contribution is -1.99. The van der Waals surface area contributed by atoms with Crippen molar-refractivity contribution < 1.29 is 9.47 Å². The molecule has 0 bridgehead atoms. The Balaban J connectivity index is 0.00000208. The fraction of sp³-hybridized carbons (Fsp3) is 0.294. The number of pyridine rings is 1. The van der Waals surface area contributed by atoms with Crippen molar-refractivity contribution in [2.45, 2.75) is 20.8 Å². The van der Waals surface area contributed by atoms with Gasteiger partial charge in [0.05, 0.1) is 13.2 Å². The van der Waals surface area contributed by atoms with Crippen LogP contribution in [0.25, 0.3) is 16.8 Å². The van der Waals surface area contributed by atoms with Gasteiger partial charge >= 0.3 is 0 Å². The van der Waals surface area contributed by atoms with E-state index in [1.807, 2.05) is 51.2 Å². The summed E-state index contributed by atoms with van der Waals surface area (Å²) in [5.74, 6) is 1.76. The van der Waals surface area contributed by atoms with E-state index in [1.54, 1.807) is 4.52 Å². The number of fused-ring (bicyclic) bond motifs is 1. The molecule has 0 atom stereocenters. The largest absolute Gasteiger partial charge is 0.490 e. The smallest absolute Gasteiger partial charge is 0.240 e. The molecule has 0 fully saturated rings. The Morgan fingerprint density at radius 2 is 1.79 bits per heavy atom. The first-order chi connectivity index (χ1) is 11.1. The zero-order valence-corrected chi connectivity index (χ0v) is 14.8. The molecule has 6 nitrogen and oxygen atoms in total. The Hall–Kier alpha value is -2.47. The highest BCUT2D eigenvalue weighted by molar-refractivity contribution is 5.85. The summed E-state index contributed by atoms with van der Waals surface area (Å²) >= 11 is 0. The van der Waals surface area contributed by atoms with E-state index in [9.17, 15) is 0 Å². The molecule has 0 radical (unpaired) electrons. The third-order valence-corrected chi connectivity index (χ3v) is 3.55. The molecular weight excluding hydrogens is 328 g/mol. The molecule has 2 heterocycles. The topological polar surface area (TPSA) is 74.7 Å². The Bertz CT molecular complexity index is 848. The number of nitrogen functional groups attached to an aromatic ring is 1. The number of halogens is 1. The summed E-state index contributed by atoms with van der Waals surface area (Å²) in [6, 6.07) is 7.91. The van der Waals surface area contributed by atoms with Crippen LogP contribution in [0.2, 0.25) is 0 Å². The summed E-state index contributed by atoms with van der Waals surface area (Å²) in [4.78, 5) is 4.18. The summed E-state index contributed by atoms with van der Waals surface area (Å²) in [6.45, 7) is 7.13. The zero-order chi connectivity index (χ0) is 16.4. The number of aromatic nitrogens is 3. The summed E-state index contributed by atoms with van der Waals surface area (Å²) in [5.41, 5.74) is 9.58. The number of nitrogens with two attached hydrogens (primary N) is 1. The van der Waals surface area contributed by atoms with Crippen LogP contribution in [0.1, 0.15) is 19.4 Å². The first-order valence-corrected chi connectivity index (χ1v) is 7.65. The van der Waals surface area contributed by atoms with Crippen LogP contribution in [0.15, 0.2) is 30.5 Å². The van der Waals surface area contributed by atoms with Crippen LogP contribution >= 0.6 is 12.4 Å². The first kappa shape index (κ1) is 17.9.